The van der Waals surface area contributed by atoms with Crippen LogP contribution in [-0.2, 0) is 6.54 Å². The van der Waals surface area contributed by atoms with E-state index in [-0.39, 0.29) is 11.7 Å². The molecule has 0 amide bonds. The average Bonchev–Trinajstić information content (AvgIpc) is 3.07. The first kappa shape index (κ1) is 10.5. The molecule has 0 atom stereocenters. The summed E-state index contributed by atoms with van der Waals surface area (Å²) >= 11 is 5.89. The summed E-state index contributed by atoms with van der Waals surface area (Å²) in [6, 6.07) is 7.65. The van der Waals surface area contributed by atoms with Gasteiger partial charge in [0.25, 0.3) is 0 Å². The third-order valence-corrected chi connectivity index (χ3v) is 3.01. The van der Waals surface area contributed by atoms with Crippen LogP contribution in [0.2, 0.25) is 5.02 Å². The molecule has 1 aliphatic carbocycles. The van der Waals surface area contributed by atoms with Crippen molar-refractivity contribution in [1.82, 2.24) is 19.8 Å². The molecule has 0 spiro atoms. The number of halogens is 1. The van der Waals surface area contributed by atoms with E-state index in [0.717, 1.165) is 18.4 Å². The van der Waals surface area contributed by atoms with E-state index >= 15 is 0 Å². The third-order valence-electron chi connectivity index (χ3n) is 2.78. The van der Waals surface area contributed by atoms with Gasteiger partial charge in [0.05, 0.1) is 12.6 Å². The van der Waals surface area contributed by atoms with Crippen LogP contribution in [0.15, 0.2) is 29.1 Å². The highest BCUT2D eigenvalue weighted by atomic mass is 35.5. The predicted octanol–water partition coefficient (Wildman–Crippen LogP) is 1.48. The Morgan fingerprint density at radius 1 is 1.35 bits per heavy atom. The van der Waals surface area contributed by atoms with Gasteiger partial charge in [-0.3, -0.25) is 0 Å². The molecule has 3 rings (SSSR count). The van der Waals surface area contributed by atoms with E-state index in [1.807, 2.05) is 18.2 Å². The van der Waals surface area contributed by atoms with Gasteiger partial charge in [-0.2, -0.15) is 9.36 Å². The smallest absolute Gasteiger partial charge is 0.244 e. The minimum atomic E-state index is -0.146. The predicted molar refractivity (Wildman–Crippen MR) is 63.1 cm³/mol. The molecule has 5 nitrogen and oxygen atoms in total. The summed E-state index contributed by atoms with van der Waals surface area (Å²) in [6.07, 6.45) is 2.05. The molecule has 0 saturated heterocycles. The van der Waals surface area contributed by atoms with Crippen LogP contribution in [-0.4, -0.2) is 19.8 Å². The minimum absolute atomic E-state index is 0.146. The zero-order valence-corrected chi connectivity index (χ0v) is 9.84. The standard InChI is InChI=1S/C11H11ClN4O/c12-9-3-1-2-8(6-9)7-15-11(17)16(14-13-15)10-4-5-10/h1-3,6,10H,4-5,7H2. The second-order valence-corrected chi connectivity index (χ2v) is 4.66. The Morgan fingerprint density at radius 2 is 2.18 bits per heavy atom. The van der Waals surface area contributed by atoms with E-state index in [2.05, 4.69) is 10.4 Å². The lowest BCUT2D eigenvalue weighted by Crippen LogP contribution is -2.25. The van der Waals surface area contributed by atoms with Gasteiger partial charge < -0.3 is 0 Å². The van der Waals surface area contributed by atoms with Crippen molar-refractivity contribution in [1.29, 1.82) is 0 Å². The summed E-state index contributed by atoms with van der Waals surface area (Å²) in [4.78, 5) is 11.9. The first-order valence-electron chi connectivity index (χ1n) is 5.51. The van der Waals surface area contributed by atoms with Crippen molar-refractivity contribution in [3.63, 3.8) is 0 Å². The van der Waals surface area contributed by atoms with Crippen LogP contribution in [0.25, 0.3) is 0 Å². The Kier molecular flexibility index (Phi) is 2.48. The van der Waals surface area contributed by atoms with Crippen LogP contribution in [0.4, 0.5) is 0 Å². The van der Waals surface area contributed by atoms with Gasteiger partial charge >= 0.3 is 5.69 Å². The van der Waals surface area contributed by atoms with Gasteiger partial charge in [-0.15, -0.1) is 0 Å². The number of rotatable bonds is 3. The molecule has 0 N–H and O–H groups in total. The number of hydrogen-bond donors (Lipinski definition) is 0. The van der Waals surface area contributed by atoms with E-state index in [9.17, 15) is 4.79 Å². The summed E-state index contributed by atoms with van der Waals surface area (Å²) in [5.41, 5.74) is 0.801. The average molecular weight is 251 g/mol. The van der Waals surface area contributed by atoms with E-state index in [4.69, 9.17) is 11.6 Å². The van der Waals surface area contributed by atoms with Crippen molar-refractivity contribution >= 4 is 11.6 Å². The molecule has 1 aromatic heterocycles. The summed E-state index contributed by atoms with van der Waals surface area (Å²) in [7, 11) is 0. The fourth-order valence-corrected chi connectivity index (χ4v) is 1.95. The zero-order chi connectivity index (χ0) is 11.8. The van der Waals surface area contributed by atoms with E-state index in [0.29, 0.717) is 11.6 Å². The third kappa shape index (κ3) is 2.10. The molecular formula is C11H11ClN4O. The largest absolute Gasteiger partial charge is 0.364 e. The van der Waals surface area contributed by atoms with Crippen LogP contribution in [0, 0.1) is 0 Å². The number of tetrazole rings is 1. The van der Waals surface area contributed by atoms with Gasteiger partial charge in [0, 0.05) is 5.02 Å². The van der Waals surface area contributed by atoms with E-state index in [1.54, 1.807) is 6.07 Å². The lowest BCUT2D eigenvalue weighted by Gasteiger charge is -1.99. The minimum Gasteiger partial charge on any atom is -0.244 e. The van der Waals surface area contributed by atoms with Crippen LogP contribution >= 0.6 is 11.6 Å². The normalized spacial score (nSPS) is 15.1. The van der Waals surface area contributed by atoms with E-state index < -0.39 is 0 Å². The molecule has 0 aliphatic heterocycles. The molecule has 1 aliphatic rings. The van der Waals surface area contributed by atoms with Crippen molar-refractivity contribution in [2.45, 2.75) is 25.4 Å². The summed E-state index contributed by atoms with van der Waals surface area (Å²) in [5.74, 6) is 0. The molecule has 1 fully saturated rings. The van der Waals surface area contributed by atoms with Crippen molar-refractivity contribution in [2.24, 2.45) is 0 Å². The first-order chi connectivity index (χ1) is 8.24. The number of benzene rings is 1. The quantitative estimate of drug-likeness (QED) is 0.829. The number of nitrogens with zero attached hydrogens (tertiary/aromatic N) is 4. The summed E-state index contributed by atoms with van der Waals surface area (Å²) in [5, 5.41) is 8.41. The summed E-state index contributed by atoms with van der Waals surface area (Å²) < 4.78 is 2.83. The molecule has 0 bridgehead atoms. The van der Waals surface area contributed by atoms with Crippen molar-refractivity contribution in [2.75, 3.05) is 0 Å². The molecule has 1 aromatic carbocycles. The maximum Gasteiger partial charge on any atom is 0.364 e. The molecule has 0 radical (unpaired) electrons. The van der Waals surface area contributed by atoms with Crippen LogP contribution in [0.1, 0.15) is 24.4 Å². The SMILES string of the molecule is O=c1n(Cc2cccc(Cl)c2)nnn1C1CC1. The second-order valence-electron chi connectivity index (χ2n) is 4.22. The number of hydrogen-bond acceptors (Lipinski definition) is 3. The Hall–Kier alpha value is -1.62. The lowest BCUT2D eigenvalue weighted by atomic mass is 10.2. The fourth-order valence-electron chi connectivity index (χ4n) is 1.74. The Labute approximate surface area is 103 Å². The topological polar surface area (TPSA) is 52.7 Å². The first-order valence-corrected chi connectivity index (χ1v) is 5.88. The molecule has 0 unspecified atom stereocenters. The van der Waals surface area contributed by atoms with Crippen molar-refractivity contribution in [3.8, 4) is 0 Å². The van der Waals surface area contributed by atoms with Crippen LogP contribution < -0.4 is 5.69 Å². The molecule has 1 heterocycles. The highest BCUT2D eigenvalue weighted by Gasteiger charge is 2.27. The maximum absolute atomic E-state index is 11.9. The highest BCUT2D eigenvalue weighted by molar-refractivity contribution is 6.30. The van der Waals surface area contributed by atoms with Gasteiger partial charge in [0.2, 0.25) is 0 Å². The fraction of sp³-hybridized carbons (Fsp3) is 0.364. The van der Waals surface area contributed by atoms with Gasteiger partial charge in [-0.1, -0.05) is 23.7 Å². The van der Waals surface area contributed by atoms with Gasteiger partial charge in [-0.25, -0.2) is 4.79 Å². The lowest BCUT2D eigenvalue weighted by molar-refractivity contribution is 0.593. The maximum atomic E-state index is 11.9. The number of aromatic nitrogens is 4. The molecular weight excluding hydrogens is 240 g/mol. The zero-order valence-electron chi connectivity index (χ0n) is 9.08. The van der Waals surface area contributed by atoms with Crippen molar-refractivity contribution < 1.29 is 0 Å². The molecule has 2 aromatic rings. The van der Waals surface area contributed by atoms with Crippen molar-refractivity contribution in [3.05, 3.63) is 45.3 Å². The Balaban J connectivity index is 1.88. The van der Waals surface area contributed by atoms with Gasteiger partial charge in [-0.05, 0) is 41.0 Å². The van der Waals surface area contributed by atoms with Crippen LogP contribution in [0.3, 0.4) is 0 Å². The molecule has 88 valence electrons. The highest BCUT2D eigenvalue weighted by Crippen LogP contribution is 2.32. The molecule has 1 saturated carbocycles. The molecule has 17 heavy (non-hydrogen) atoms. The monoisotopic (exact) mass is 250 g/mol. The Morgan fingerprint density at radius 3 is 2.88 bits per heavy atom. The second kappa shape index (κ2) is 4.00. The molecule has 6 heteroatoms. The van der Waals surface area contributed by atoms with Gasteiger partial charge in [0.1, 0.15) is 0 Å². The van der Waals surface area contributed by atoms with Gasteiger partial charge in [0.15, 0.2) is 0 Å². The van der Waals surface area contributed by atoms with Crippen LogP contribution in [0.5, 0.6) is 0 Å². The van der Waals surface area contributed by atoms with E-state index in [1.165, 1.54) is 9.36 Å². The summed E-state index contributed by atoms with van der Waals surface area (Å²) in [6.45, 7) is 0.409. The Bertz CT molecular complexity index is 600.